The summed E-state index contributed by atoms with van der Waals surface area (Å²) in [6.45, 7) is 0.387. The van der Waals surface area contributed by atoms with Gasteiger partial charge in [-0.1, -0.05) is 46.3 Å². The molecule has 1 amide bonds. The standard InChI is InChI=1S/C19H14BrN3O/c20-16-6-7-18-17(9-16)15(12-22-18)8-14(10-21)19(24)23-11-13-4-2-1-3-5-13/h1-9,12,22H,11H2,(H,23,24)/b14-8-. The van der Waals surface area contributed by atoms with Gasteiger partial charge in [0.2, 0.25) is 0 Å². The van der Waals surface area contributed by atoms with Gasteiger partial charge in [-0.25, -0.2) is 0 Å². The highest BCUT2D eigenvalue weighted by molar-refractivity contribution is 9.10. The van der Waals surface area contributed by atoms with Crippen molar-refractivity contribution in [1.29, 1.82) is 5.26 Å². The number of carbonyl (C=O) groups excluding carboxylic acids is 1. The molecule has 5 heteroatoms. The van der Waals surface area contributed by atoms with Gasteiger partial charge in [0, 0.05) is 33.7 Å². The number of amides is 1. The third-order valence-electron chi connectivity index (χ3n) is 3.64. The largest absolute Gasteiger partial charge is 0.361 e. The number of nitriles is 1. The van der Waals surface area contributed by atoms with Crippen LogP contribution in [0.1, 0.15) is 11.1 Å². The van der Waals surface area contributed by atoms with Crippen molar-refractivity contribution in [1.82, 2.24) is 10.3 Å². The van der Waals surface area contributed by atoms with E-state index >= 15 is 0 Å². The van der Waals surface area contributed by atoms with Gasteiger partial charge in [0.25, 0.3) is 5.91 Å². The zero-order valence-electron chi connectivity index (χ0n) is 12.7. The topological polar surface area (TPSA) is 68.7 Å². The van der Waals surface area contributed by atoms with Crippen LogP contribution in [0.3, 0.4) is 0 Å². The normalized spacial score (nSPS) is 11.2. The minimum atomic E-state index is -0.384. The maximum atomic E-state index is 12.3. The number of nitrogens with one attached hydrogen (secondary N) is 2. The van der Waals surface area contributed by atoms with Gasteiger partial charge in [-0.3, -0.25) is 4.79 Å². The maximum Gasteiger partial charge on any atom is 0.262 e. The van der Waals surface area contributed by atoms with Crippen molar-refractivity contribution < 1.29 is 4.79 Å². The first-order valence-electron chi connectivity index (χ1n) is 7.38. The highest BCUT2D eigenvalue weighted by Crippen LogP contribution is 2.24. The molecule has 0 saturated heterocycles. The molecule has 0 fully saturated rings. The first kappa shape index (κ1) is 16.0. The van der Waals surface area contributed by atoms with E-state index in [2.05, 4.69) is 26.2 Å². The van der Waals surface area contributed by atoms with Crippen LogP contribution in [0.2, 0.25) is 0 Å². The Balaban J connectivity index is 1.82. The molecule has 0 radical (unpaired) electrons. The molecule has 2 N–H and O–H groups in total. The van der Waals surface area contributed by atoms with Gasteiger partial charge in [0.1, 0.15) is 11.6 Å². The number of nitrogens with zero attached hydrogens (tertiary/aromatic N) is 1. The molecule has 0 saturated carbocycles. The molecule has 24 heavy (non-hydrogen) atoms. The van der Waals surface area contributed by atoms with Crippen molar-refractivity contribution in [3.05, 3.63) is 75.9 Å². The van der Waals surface area contributed by atoms with E-state index in [1.807, 2.05) is 54.6 Å². The smallest absolute Gasteiger partial charge is 0.262 e. The van der Waals surface area contributed by atoms with Crippen LogP contribution in [-0.4, -0.2) is 10.9 Å². The van der Waals surface area contributed by atoms with Crippen LogP contribution < -0.4 is 5.32 Å². The van der Waals surface area contributed by atoms with Crippen LogP contribution in [0.15, 0.2) is 64.8 Å². The van der Waals surface area contributed by atoms with Crippen molar-refractivity contribution in [2.24, 2.45) is 0 Å². The molecular formula is C19H14BrN3O. The Morgan fingerprint density at radius 2 is 2.04 bits per heavy atom. The van der Waals surface area contributed by atoms with E-state index in [0.29, 0.717) is 6.54 Å². The van der Waals surface area contributed by atoms with Gasteiger partial charge >= 0.3 is 0 Å². The molecule has 3 rings (SSSR count). The molecular weight excluding hydrogens is 366 g/mol. The Morgan fingerprint density at radius 1 is 1.25 bits per heavy atom. The summed E-state index contributed by atoms with van der Waals surface area (Å²) in [6, 6.07) is 17.4. The van der Waals surface area contributed by atoms with E-state index in [0.717, 1.165) is 26.5 Å². The zero-order valence-corrected chi connectivity index (χ0v) is 14.3. The van der Waals surface area contributed by atoms with Crippen molar-refractivity contribution in [2.75, 3.05) is 0 Å². The Hall–Kier alpha value is -2.84. The fourth-order valence-corrected chi connectivity index (χ4v) is 2.77. The van der Waals surface area contributed by atoms with Crippen molar-refractivity contribution >= 4 is 38.8 Å². The summed E-state index contributed by atoms with van der Waals surface area (Å²) >= 11 is 3.44. The number of halogens is 1. The van der Waals surface area contributed by atoms with E-state index in [9.17, 15) is 10.1 Å². The molecule has 3 aromatic rings. The first-order valence-corrected chi connectivity index (χ1v) is 8.17. The minimum Gasteiger partial charge on any atom is -0.361 e. The number of hydrogen-bond acceptors (Lipinski definition) is 2. The molecule has 0 spiro atoms. The van der Waals surface area contributed by atoms with Crippen LogP contribution in [0.4, 0.5) is 0 Å². The third kappa shape index (κ3) is 3.55. The summed E-state index contributed by atoms with van der Waals surface area (Å²) in [7, 11) is 0. The summed E-state index contributed by atoms with van der Waals surface area (Å²) < 4.78 is 0.941. The van der Waals surface area contributed by atoms with E-state index in [1.54, 1.807) is 12.3 Å². The lowest BCUT2D eigenvalue weighted by atomic mass is 10.1. The number of fused-ring (bicyclic) bond motifs is 1. The number of hydrogen-bond donors (Lipinski definition) is 2. The van der Waals surface area contributed by atoms with Crippen LogP contribution >= 0.6 is 15.9 Å². The fourth-order valence-electron chi connectivity index (χ4n) is 2.41. The molecule has 1 aromatic heterocycles. The summed E-state index contributed by atoms with van der Waals surface area (Å²) in [5, 5.41) is 13.0. The predicted molar refractivity (Wildman–Crippen MR) is 97.9 cm³/mol. The number of rotatable bonds is 4. The number of H-pyrrole nitrogens is 1. The average Bonchev–Trinajstić information content (AvgIpc) is 3.00. The molecule has 118 valence electrons. The summed E-state index contributed by atoms with van der Waals surface area (Å²) in [6.07, 6.45) is 3.39. The van der Waals surface area contributed by atoms with E-state index < -0.39 is 0 Å². The highest BCUT2D eigenvalue weighted by Gasteiger charge is 2.10. The summed E-state index contributed by atoms with van der Waals surface area (Å²) in [4.78, 5) is 15.4. The second-order valence-electron chi connectivity index (χ2n) is 5.27. The van der Waals surface area contributed by atoms with Crippen molar-refractivity contribution in [3.63, 3.8) is 0 Å². The van der Waals surface area contributed by atoms with Crippen LogP contribution in [-0.2, 0) is 11.3 Å². The predicted octanol–water partition coefficient (Wildman–Crippen LogP) is 4.15. The Bertz CT molecular complexity index is 952. The van der Waals surface area contributed by atoms with Crippen molar-refractivity contribution in [2.45, 2.75) is 6.54 Å². The lowest BCUT2D eigenvalue weighted by Gasteiger charge is -2.04. The molecule has 0 unspecified atom stereocenters. The molecule has 2 aromatic carbocycles. The molecule has 0 aliphatic heterocycles. The van der Waals surface area contributed by atoms with Gasteiger partial charge in [0.15, 0.2) is 0 Å². The number of aromatic amines is 1. The average molecular weight is 380 g/mol. The molecule has 0 atom stereocenters. The Morgan fingerprint density at radius 3 is 2.79 bits per heavy atom. The van der Waals surface area contributed by atoms with Crippen LogP contribution in [0.5, 0.6) is 0 Å². The molecule has 1 heterocycles. The third-order valence-corrected chi connectivity index (χ3v) is 4.13. The molecule has 4 nitrogen and oxygen atoms in total. The fraction of sp³-hybridized carbons (Fsp3) is 0.0526. The zero-order chi connectivity index (χ0) is 16.9. The Kier molecular flexibility index (Phi) is 4.78. The van der Waals surface area contributed by atoms with Crippen LogP contribution in [0.25, 0.3) is 17.0 Å². The highest BCUT2D eigenvalue weighted by atomic mass is 79.9. The van der Waals surface area contributed by atoms with E-state index in [-0.39, 0.29) is 11.5 Å². The second-order valence-corrected chi connectivity index (χ2v) is 6.19. The van der Waals surface area contributed by atoms with Gasteiger partial charge in [-0.05, 0) is 29.8 Å². The monoisotopic (exact) mass is 379 g/mol. The van der Waals surface area contributed by atoms with Crippen molar-refractivity contribution in [3.8, 4) is 6.07 Å². The number of aromatic nitrogens is 1. The van der Waals surface area contributed by atoms with E-state index in [4.69, 9.17) is 0 Å². The minimum absolute atomic E-state index is 0.0757. The van der Waals surface area contributed by atoms with Gasteiger partial charge < -0.3 is 10.3 Å². The first-order chi connectivity index (χ1) is 11.7. The van der Waals surface area contributed by atoms with Crippen LogP contribution in [0, 0.1) is 11.3 Å². The molecule has 0 bridgehead atoms. The Labute approximate surface area is 147 Å². The molecule has 0 aliphatic rings. The number of benzene rings is 2. The lowest BCUT2D eigenvalue weighted by molar-refractivity contribution is -0.117. The lowest BCUT2D eigenvalue weighted by Crippen LogP contribution is -2.23. The second kappa shape index (κ2) is 7.16. The molecule has 0 aliphatic carbocycles. The maximum absolute atomic E-state index is 12.3. The van der Waals surface area contributed by atoms with E-state index in [1.165, 1.54) is 0 Å². The number of carbonyl (C=O) groups is 1. The summed E-state index contributed by atoms with van der Waals surface area (Å²) in [5.41, 5.74) is 2.81. The SMILES string of the molecule is N#C/C(=C/c1c[nH]c2ccc(Br)cc12)C(=O)NCc1ccccc1. The van der Waals surface area contributed by atoms with Gasteiger partial charge in [0.05, 0.1) is 0 Å². The quantitative estimate of drug-likeness (QED) is 0.527. The summed E-state index contributed by atoms with van der Waals surface area (Å²) in [5.74, 6) is -0.384. The van der Waals surface area contributed by atoms with Gasteiger partial charge in [-0.2, -0.15) is 5.26 Å². The van der Waals surface area contributed by atoms with Gasteiger partial charge in [-0.15, -0.1) is 0 Å².